The van der Waals surface area contributed by atoms with Crippen molar-refractivity contribution in [2.45, 2.75) is 70.1 Å². The highest BCUT2D eigenvalue weighted by Crippen LogP contribution is 2.11. The van der Waals surface area contributed by atoms with Gasteiger partial charge in [0.25, 0.3) is 0 Å². The third kappa shape index (κ3) is 11.1. The van der Waals surface area contributed by atoms with Gasteiger partial charge in [-0.1, -0.05) is 50.6 Å². The molecule has 1 aromatic carbocycles. The van der Waals surface area contributed by atoms with Gasteiger partial charge in [0.2, 0.25) is 29.5 Å². The van der Waals surface area contributed by atoms with Gasteiger partial charge in [-0.25, -0.2) is 4.79 Å². The van der Waals surface area contributed by atoms with Gasteiger partial charge in [0.05, 0.1) is 12.5 Å². The molecule has 0 heterocycles. The van der Waals surface area contributed by atoms with Gasteiger partial charge in [-0.15, -0.1) is 0 Å². The molecule has 5 amide bonds. The summed E-state index contributed by atoms with van der Waals surface area (Å²) in [6.45, 7) is 3.51. The number of carboxylic acid groups (broad SMARTS) is 1. The minimum Gasteiger partial charge on any atom is -0.480 e. The quantitative estimate of drug-likeness (QED) is 0.132. The lowest BCUT2D eigenvalue weighted by molar-refractivity contribution is -0.142. The summed E-state index contributed by atoms with van der Waals surface area (Å²) in [5, 5.41) is 16.5. The van der Waals surface area contributed by atoms with Gasteiger partial charge in [-0.2, -0.15) is 0 Å². The van der Waals surface area contributed by atoms with Crippen molar-refractivity contribution < 1.29 is 33.9 Å². The van der Waals surface area contributed by atoms with Crippen molar-refractivity contribution in [3.05, 3.63) is 35.9 Å². The maximum absolute atomic E-state index is 13.1. The zero-order valence-corrected chi connectivity index (χ0v) is 20.9. The van der Waals surface area contributed by atoms with Crippen LogP contribution in [0.2, 0.25) is 0 Å². The number of hydrogen-bond donors (Lipinski definition) is 7. The second-order valence-corrected chi connectivity index (χ2v) is 8.80. The lowest BCUT2D eigenvalue weighted by atomic mass is 9.96. The molecule has 13 heteroatoms. The second kappa shape index (κ2) is 15.2. The highest BCUT2D eigenvalue weighted by atomic mass is 16.4. The van der Waals surface area contributed by atoms with Gasteiger partial charge in [-0.05, 0) is 24.3 Å². The minimum absolute atomic E-state index is 0.232. The molecule has 0 saturated carbocycles. The Hall–Kier alpha value is -4.00. The molecule has 13 nitrogen and oxygen atoms in total. The Morgan fingerprint density at radius 1 is 0.865 bits per heavy atom. The molecular formula is C24H36N6O7. The van der Waals surface area contributed by atoms with Crippen LogP contribution in [0.25, 0.3) is 0 Å². The molecule has 204 valence electrons. The van der Waals surface area contributed by atoms with Crippen molar-refractivity contribution >= 4 is 35.5 Å². The van der Waals surface area contributed by atoms with Crippen molar-refractivity contribution in [1.29, 1.82) is 0 Å². The molecule has 0 aliphatic heterocycles. The zero-order valence-electron chi connectivity index (χ0n) is 20.9. The molecule has 1 rings (SSSR count). The molecule has 5 unspecified atom stereocenters. The van der Waals surface area contributed by atoms with E-state index in [0.717, 1.165) is 5.56 Å². The van der Waals surface area contributed by atoms with E-state index in [2.05, 4.69) is 16.0 Å². The van der Waals surface area contributed by atoms with Crippen LogP contribution in [0.4, 0.5) is 0 Å². The number of nitrogens with two attached hydrogens (primary N) is 3. The van der Waals surface area contributed by atoms with E-state index in [1.54, 1.807) is 13.8 Å². The third-order valence-corrected chi connectivity index (χ3v) is 5.76. The summed E-state index contributed by atoms with van der Waals surface area (Å²) < 4.78 is 0. The summed E-state index contributed by atoms with van der Waals surface area (Å²) in [6, 6.07) is 3.99. The number of aliphatic carboxylic acids is 1. The van der Waals surface area contributed by atoms with Gasteiger partial charge in [0.15, 0.2) is 0 Å². The van der Waals surface area contributed by atoms with Crippen LogP contribution in [0.15, 0.2) is 30.3 Å². The SMILES string of the molecule is CCC(C)C(NC(=O)C(N)Cc1ccccc1)C(=O)NC(CC(N)=O)C(=O)NC(CCC(N)=O)C(=O)O. The first-order valence-corrected chi connectivity index (χ1v) is 11.9. The van der Waals surface area contributed by atoms with Crippen LogP contribution in [-0.4, -0.2) is 64.8 Å². The molecule has 37 heavy (non-hydrogen) atoms. The predicted molar refractivity (Wildman–Crippen MR) is 133 cm³/mol. The Morgan fingerprint density at radius 2 is 1.46 bits per heavy atom. The van der Waals surface area contributed by atoms with Crippen LogP contribution in [0.1, 0.15) is 45.1 Å². The molecule has 1 aromatic rings. The highest BCUT2D eigenvalue weighted by molar-refractivity contribution is 5.96. The Balaban J connectivity index is 2.99. The maximum Gasteiger partial charge on any atom is 0.326 e. The van der Waals surface area contributed by atoms with E-state index in [4.69, 9.17) is 17.2 Å². The van der Waals surface area contributed by atoms with Crippen LogP contribution >= 0.6 is 0 Å². The smallest absolute Gasteiger partial charge is 0.326 e. The molecule has 0 spiro atoms. The van der Waals surface area contributed by atoms with Crippen molar-refractivity contribution in [2.75, 3.05) is 0 Å². The van der Waals surface area contributed by atoms with Crippen LogP contribution in [0.3, 0.4) is 0 Å². The minimum atomic E-state index is -1.53. The molecule has 0 radical (unpaired) electrons. The monoisotopic (exact) mass is 520 g/mol. The first-order chi connectivity index (χ1) is 17.3. The Morgan fingerprint density at radius 3 is 1.97 bits per heavy atom. The molecular weight excluding hydrogens is 484 g/mol. The van der Waals surface area contributed by atoms with Gasteiger partial charge >= 0.3 is 5.97 Å². The second-order valence-electron chi connectivity index (χ2n) is 8.80. The maximum atomic E-state index is 13.1. The van der Waals surface area contributed by atoms with E-state index in [1.807, 2.05) is 30.3 Å². The normalized spacial score (nSPS) is 14.8. The Kier molecular flexibility index (Phi) is 12.7. The summed E-state index contributed by atoms with van der Waals surface area (Å²) in [5.41, 5.74) is 17.1. The van der Waals surface area contributed by atoms with Crippen LogP contribution in [0.5, 0.6) is 0 Å². The molecule has 0 aliphatic rings. The van der Waals surface area contributed by atoms with E-state index in [1.165, 1.54) is 0 Å². The van der Waals surface area contributed by atoms with Crippen molar-refractivity contribution in [2.24, 2.45) is 23.1 Å². The lowest BCUT2D eigenvalue weighted by Crippen LogP contribution is -2.59. The number of carboxylic acids is 1. The summed E-state index contributed by atoms with van der Waals surface area (Å²) in [5.74, 6) is -5.88. The average Bonchev–Trinajstić information content (AvgIpc) is 2.83. The number of benzene rings is 1. The number of amides is 5. The number of nitrogens with one attached hydrogen (secondary N) is 3. The molecule has 0 aliphatic carbocycles. The van der Waals surface area contributed by atoms with E-state index in [0.29, 0.717) is 6.42 Å². The van der Waals surface area contributed by atoms with E-state index in [9.17, 15) is 33.9 Å². The average molecular weight is 521 g/mol. The van der Waals surface area contributed by atoms with Gasteiger partial charge in [0.1, 0.15) is 18.1 Å². The van der Waals surface area contributed by atoms with Gasteiger partial charge < -0.3 is 38.3 Å². The van der Waals surface area contributed by atoms with E-state index >= 15 is 0 Å². The van der Waals surface area contributed by atoms with Crippen molar-refractivity contribution in [1.82, 2.24) is 16.0 Å². The lowest BCUT2D eigenvalue weighted by Gasteiger charge is -2.27. The Bertz CT molecular complexity index is 972. The summed E-state index contributed by atoms with van der Waals surface area (Å²) in [7, 11) is 0. The largest absolute Gasteiger partial charge is 0.480 e. The zero-order chi connectivity index (χ0) is 28.1. The van der Waals surface area contributed by atoms with Gasteiger partial charge in [-0.3, -0.25) is 24.0 Å². The van der Waals surface area contributed by atoms with Crippen LogP contribution < -0.4 is 33.2 Å². The standard InChI is InChI=1S/C24H36N6O7/c1-3-13(2)20(30-21(33)15(25)11-14-7-5-4-6-8-14)23(35)29-17(12-19(27)32)22(34)28-16(24(36)37)9-10-18(26)31/h4-8,13,15-17,20H,3,9-12,25H2,1-2H3,(H2,26,31)(H2,27,32)(H,28,34)(H,29,35)(H,30,33)(H,36,37). The molecule has 0 saturated heterocycles. The molecule has 0 aromatic heterocycles. The topological polar surface area (TPSA) is 237 Å². The van der Waals surface area contributed by atoms with E-state index in [-0.39, 0.29) is 25.2 Å². The number of primary amides is 2. The molecule has 0 fully saturated rings. The number of rotatable bonds is 16. The first kappa shape index (κ1) is 31.0. The fourth-order valence-corrected chi connectivity index (χ4v) is 3.41. The summed E-state index contributed by atoms with van der Waals surface area (Å²) >= 11 is 0. The highest BCUT2D eigenvalue weighted by Gasteiger charge is 2.33. The fourth-order valence-electron chi connectivity index (χ4n) is 3.41. The van der Waals surface area contributed by atoms with Crippen LogP contribution in [0, 0.1) is 5.92 Å². The Labute approximate surface area is 214 Å². The number of carbonyl (C=O) groups is 6. The number of carbonyl (C=O) groups excluding carboxylic acids is 5. The molecule has 5 atom stereocenters. The predicted octanol–water partition coefficient (Wildman–Crippen LogP) is -1.72. The third-order valence-electron chi connectivity index (χ3n) is 5.76. The summed E-state index contributed by atoms with van der Waals surface area (Å²) in [6.07, 6.45) is -0.522. The van der Waals surface area contributed by atoms with E-state index < -0.39 is 66.1 Å². The van der Waals surface area contributed by atoms with Crippen molar-refractivity contribution in [3.63, 3.8) is 0 Å². The number of hydrogen-bond acceptors (Lipinski definition) is 7. The van der Waals surface area contributed by atoms with Crippen molar-refractivity contribution in [3.8, 4) is 0 Å². The molecule has 0 bridgehead atoms. The van der Waals surface area contributed by atoms with Crippen LogP contribution in [-0.2, 0) is 35.2 Å². The molecule has 10 N–H and O–H groups in total. The first-order valence-electron chi connectivity index (χ1n) is 11.9. The van der Waals surface area contributed by atoms with Gasteiger partial charge in [0, 0.05) is 6.42 Å². The fraction of sp³-hybridized carbons (Fsp3) is 0.500. The summed E-state index contributed by atoms with van der Waals surface area (Å²) in [4.78, 5) is 72.6.